The first-order valence-corrected chi connectivity index (χ1v) is 6.38. The third-order valence-electron chi connectivity index (χ3n) is 3.64. The van der Waals surface area contributed by atoms with E-state index in [0.717, 1.165) is 24.8 Å². The Morgan fingerprint density at radius 2 is 2.21 bits per heavy atom. The molecule has 1 aliphatic rings. The van der Waals surface area contributed by atoms with Crippen LogP contribution in [-0.2, 0) is 4.79 Å². The molecule has 0 spiro atoms. The van der Waals surface area contributed by atoms with Crippen LogP contribution >= 0.6 is 12.4 Å². The molecule has 5 heteroatoms. The van der Waals surface area contributed by atoms with Gasteiger partial charge >= 0.3 is 0 Å². The minimum Gasteiger partial charge on any atom is -0.327 e. The minimum absolute atomic E-state index is 0. The molecule has 3 N–H and O–H groups in total. The van der Waals surface area contributed by atoms with E-state index in [2.05, 4.69) is 5.32 Å². The molecule has 1 saturated carbocycles. The number of aryl methyl sites for hydroxylation is 1. The van der Waals surface area contributed by atoms with Crippen LogP contribution in [0.3, 0.4) is 0 Å². The van der Waals surface area contributed by atoms with Crippen LogP contribution in [0.4, 0.5) is 10.1 Å². The van der Waals surface area contributed by atoms with Gasteiger partial charge in [-0.15, -0.1) is 12.4 Å². The van der Waals surface area contributed by atoms with Crippen LogP contribution in [0.5, 0.6) is 0 Å². The third kappa shape index (κ3) is 4.18. The summed E-state index contributed by atoms with van der Waals surface area (Å²) in [7, 11) is 0. The van der Waals surface area contributed by atoms with Crippen molar-refractivity contribution in [2.75, 3.05) is 5.32 Å². The first-order chi connectivity index (χ1) is 8.56. The zero-order valence-electron chi connectivity index (χ0n) is 11.0. The van der Waals surface area contributed by atoms with E-state index in [4.69, 9.17) is 5.73 Å². The number of carbonyl (C=O) groups excluding carboxylic acids is 1. The van der Waals surface area contributed by atoms with Gasteiger partial charge in [0.15, 0.2) is 0 Å². The number of amides is 1. The quantitative estimate of drug-likeness (QED) is 0.897. The van der Waals surface area contributed by atoms with Crippen LogP contribution < -0.4 is 11.1 Å². The summed E-state index contributed by atoms with van der Waals surface area (Å²) in [6.45, 7) is 1.84. The Kier molecular flexibility index (Phi) is 5.76. The lowest BCUT2D eigenvalue weighted by atomic mass is 10.00. The number of nitrogens with one attached hydrogen (secondary N) is 1. The van der Waals surface area contributed by atoms with Crippen LogP contribution in [0.25, 0.3) is 0 Å². The average Bonchev–Trinajstić information content (AvgIpc) is 2.70. The van der Waals surface area contributed by atoms with Crippen molar-refractivity contribution >= 4 is 24.0 Å². The van der Waals surface area contributed by atoms with Crippen LogP contribution in [0.1, 0.15) is 31.2 Å². The molecule has 1 aliphatic carbocycles. The Morgan fingerprint density at radius 3 is 2.84 bits per heavy atom. The van der Waals surface area contributed by atoms with E-state index in [1.165, 1.54) is 12.1 Å². The van der Waals surface area contributed by atoms with Gasteiger partial charge in [0, 0.05) is 18.2 Å². The van der Waals surface area contributed by atoms with E-state index in [1.807, 2.05) is 6.92 Å². The first-order valence-electron chi connectivity index (χ1n) is 6.38. The fraction of sp³-hybridized carbons (Fsp3) is 0.500. The normalized spacial score (nSPS) is 21.8. The molecule has 0 aromatic heterocycles. The molecular weight excluding hydrogens is 267 g/mol. The summed E-state index contributed by atoms with van der Waals surface area (Å²) in [5.74, 6) is -0.154. The monoisotopic (exact) mass is 286 g/mol. The van der Waals surface area contributed by atoms with Crippen molar-refractivity contribution < 1.29 is 9.18 Å². The van der Waals surface area contributed by atoms with Gasteiger partial charge in [-0.05, 0) is 43.4 Å². The molecule has 0 bridgehead atoms. The summed E-state index contributed by atoms with van der Waals surface area (Å²) in [5, 5.41) is 2.76. The van der Waals surface area contributed by atoms with Crippen molar-refractivity contribution in [3.05, 3.63) is 29.6 Å². The summed E-state index contributed by atoms with van der Waals surface area (Å²) in [6.07, 6.45) is 3.53. The molecule has 1 fully saturated rings. The predicted molar refractivity (Wildman–Crippen MR) is 76.9 cm³/mol. The minimum atomic E-state index is -0.339. The maximum absolute atomic E-state index is 13.1. The Labute approximate surface area is 119 Å². The maximum atomic E-state index is 13.1. The molecule has 1 amide bonds. The topological polar surface area (TPSA) is 55.1 Å². The van der Waals surface area contributed by atoms with Gasteiger partial charge < -0.3 is 11.1 Å². The lowest BCUT2D eigenvalue weighted by molar-refractivity contribution is -0.117. The number of nitrogens with two attached hydrogens (primary N) is 1. The molecule has 2 rings (SSSR count). The second-order valence-corrected chi connectivity index (χ2v) is 5.07. The van der Waals surface area contributed by atoms with Gasteiger partial charge in [-0.25, -0.2) is 4.39 Å². The number of halogens is 2. The average molecular weight is 287 g/mol. The van der Waals surface area contributed by atoms with Gasteiger partial charge in [0.25, 0.3) is 0 Å². The number of carbonyl (C=O) groups is 1. The number of anilines is 1. The SMILES string of the molecule is Cc1ccc(F)cc1NC(=O)C[C@@H]1CCC[C@H]1N.Cl. The number of benzene rings is 1. The van der Waals surface area contributed by atoms with Gasteiger partial charge in [-0.3, -0.25) is 4.79 Å². The van der Waals surface area contributed by atoms with E-state index >= 15 is 0 Å². The van der Waals surface area contributed by atoms with Gasteiger partial charge in [0.1, 0.15) is 5.82 Å². The molecule has 19 heavy (non-hydrogen) atoms. The van der Waals surface area contributed by atoms with Crippen molar-refractivity contribution in [1.82, 2.24) is 0 Å². The first kappa shape index (κ1) is 15.9. The Morgan fingerprint density at radius 1 is 1.47 bits per heavy atom. The number of rotatable bonds is 3. The van der Waals surface area contributed by atoms with Crippen molar-refractivity contribution in [3.63, 3.8) is 0 Å². The predicted octanol–water partition coefficient (Wildman–Crippen LogP) is 3.01. The molecule has 0 heterocycles. The molecule has 106 valence electrons. The second kappa shape index (κ2) is 6.87. The zero-order valence-corrected chi connectivity index (χ0v) is 11.8. The molecule has 0 unspecified atom stereocenters. The third-order valence-corrected chi connectivity index (χ3v) is 3.64. The van der Waals surface area contributed by atoms with E-state index in [-0.39, 0.29) is 36.1 Å². The van der Waals surface area contributed by atoms with Gasteiger partial charge in [0.2, 0.25) is 5.91 Å². The van der Waals surface area contributed by atoms with Gasteiger partial charge in [-0.2, -0.15) is 0 Å². The summed E-state index contributed by atoms with van der Waals surface area (Å²) < 4.78 is 13.1. The zero-order chi connectivity index (χ0) is 13.1. The van der Waals surface area contributed by atoms with Gasteiger partial charge in [-0.1, -0.05) is 12.5 Å². The van der Waals surface area contributed by atoms with Crippen molar-refractivity contribution in [2.45, 2.75) is 38.6 Å². The van der Waals surface area contributed by atoms with Crippen LogP contribution in [-0.4, -0.2) is 11.9 Å². The highest BCUT2D eigenvalue weighted by Gasteiger charge is 2.26. The fourth-order valence-corrected chi connectivity index (χ4v) is 2.49. The Hall–Kier alpha value is -1.13. The molecule has 3 nitrogen and oxygen atoms in total. The Bertz CT molecular complexity index is 453. The molecule has 2 atom stereocenters. The largest absolute Gasteiger partial charge is 0.327 e. The molecule has 0 aliphatic heterocycles. The number of hydrogen-bond acceptors (Lipinski definition) is 2. The van der Waals surface area contributed by atoms with Crippen LogP contribution in [0.2, 0.25) is 0 Å². The molecular formula is C14H20ClFN2O. The number of hydrogen-bond donors (Lipinski definition) is 2. The lowest BCUT2D eigenvalue weighted by Crippen LogP contribution is -2.28. The highest BCUT2D eigenvalue weighted by molar-refractivity contribution is 5.91. The summed E-state index contributed by atoms with van der Waals surface area (Å²) >= 11 is 0. The highest BCUT2D eigenvalue weighted by atomic mass is 35.5. The van der Waals surface area contributed by atoms with E-state index < -0.39 is 0 Å². The molecule has 1 aromatic carbocycles. The molecule has 1 aromatic rings. The lowest BCUT2D eigenvalue weighted by Gasteiger charge is -2.15. The van der Waals surface area contributed by atoms with Crippen molar-refractivity contribution in [2.24, 2.45) is 11.7 Å². The standard InChI is InChI=1S/C14H19FN2O.ClH/c1-9-5-6-11(15)8-13(9)17-14(18)7-10-3-2-4-12(10)16;/h5-6,8,10,12H,2-4,7,16H2,1H3,(H,17,18);1H/t10-,12+;/m0./s1. The summed E-state index contributed by atoms with van der Waals surface area (Å²) in [5.41, 5.74) is 7.34. The fourth-order valence-electron chi connectivity index (χ4n) is 2.49. The smallest absolute Gasteiger partial charge is 0.224 e. The van der Waals surface area contributed by atoms with E-state index in [1.54, 1.807) is 6.07 Å². The maximum Gasteiger partial charge on any atom is 0.224 e. The van der Waals surface area contributed by atoms with E-state index in [9.17, 15) is 9.18 Å². The Balaban J connectivity index is 0.00000180. The summed E-state index contributed by atoms with van der Waals surface area (Å²) in [4.78, 5) is 11.9. The highest BCUT2D eigenvalue weighted by Crippen LogP contribution is 2.27. The molecule has 0 radical (unpaired) electrons. The van der Waals surface area contributed by atoms with Crippen molar-refractivity contribution in [3.8, 4) is 0 Å². The van der Waals surface area contributed by atoms with Crippen LogP contribution in [0, 0.1) is 18.7 Å². The van der Waals surface area contributed by atoms with Crippen molar-refractivity contribution in [1.29, 1.82) is 0 Å². The van der Waals surface area contributed by atoms with E-state index in [0.29, 0.717) is 12.1 Å². The van der Waals surface area contributed by atoms with Gasteiger partial charge in [0.05, 0.1) is 0 Å². The molecule has 0 saturated heterocycles. The second-order valence-electron chi connectivity index (χ2n) is 5.07. The van der Waals surface area contributed by atoms with Crippen LogP contribution in [0.15, 0.2) is 18.2 Å². The summed E-state index contributed by atoms with van der Waals surface area (Å²) in [6, 6.07) is 4.52.